The Morgan fingerprint density at radius 2 is 1.39 bits per heavy atom. The van der Waals surface area contributed by atoms with E-state index in [1.165, 1.54) is 27.8 Å². The van der Waals surface area contributed by atoms with Crippen molar-refractivity contribution in [3.05, 3.63) is 131 Å². The lowest BCUT2D eigenvalue weighted by Crippen LogP contribution is -2.31. The van der Waals surface area contributed by atoms with Gasteiger partial charge in [0, 0.05) is 33.7 Å². The Morgan fingerprint density at radius 1 is 0.750 bits per heavy atom. The molecule has 1 saturated heterocycles. The molecule has 2 bridgehead atoms. The molecule has 36 heavy (non-hydrogen) atoms. The van der Waals surface area contributed by atoms with Crippen molar-refractivity contribution >= 4 is 29.3 Å². The van der Waals surface area contributed by atoms with Crippen LogP contribution in [0.1, 0.15) is 56.6 Å². The highest BCUT2D eigenvalue weighted by Crippen LogP contribution is 2.86. The van der Waals surface area contributed by atoms with Gasteiger partial charge >= 0.3 is 0 Å². The molecule has 3 aliphatic rings. The molecule has 3 heteroatoms. The van der Waals surface area contributed by atoms with Crippen LogP contribution in [0.2, 0.25) is 0 Å². The van der Waals surface area contributed by atoms with Gasteiger partial charge in [0.25, 0.3) is 0 Å². The maximum Gasteiger partial charge on any atom is 0.171 e. The number of benzene rings is 4. The summed E-state index contributed by atoms with van der Waals surface area (Å²) in [7, 11) is 0. The Morgan fingerprint density at radius 3 is 2.14 bits per heavy atom. The second-order valence-electron chi connectivity index (χ2n) is 10.1. The van der Waals surface area contributed by atoms with Crippen LogP contribution in [-0.4, -0.2) is 16.8 Å². The van der Waals surface area contributed by atoms with E-state index in [1.54, 1.807) is 0 Å². The van der Waals surface area contributed by atoms with E-state index in [2.05, 4.69) is 116 Å². The fourth-order valence-electron chi connectivity index (χ4n) is 6.86. The van der Waals surface area contributed by atoms with Crippen LogP contribution in [0.15, 0.2) is 103 Å². The van der Waals surface area contributed by atoms with E-state index >= 15 is 0 Å². The first-order valence-corrected chi connectivity index (χ1v) is 14.9. The summed E-state index contributed by atoms with van der Waals surface area (Å²) in [5.74, 6) is 2.98. The van der Waals surface area contributed by atoms with E-state index in [-0.39, 0.29) is 11.3 Å². The quantitative estimate of drug-likeness (QED) is 0.235. The molecular weight excluding hydrogens is 476 g/mol. The smallest absolute Gasteiger partial charge is 0.171 e. The molecule has 7 rings (SSSR count). The molecule has 2 fully saturated rings. The monoisotopic (exact) mass is 504 g/mol. The average molecular weight is 505 g/mol. The van der Waals surface area contributed by atoms with E-state index in [0.29, 0.717) is 22.2 Å². The Labute approximate surface area is 221 Å². The Hall–Kier alpha value is -2.75. The topological polar surface area (TPSA) is 17.1 Å². The maximum absolute atomic E-state index is 14.5. The summed E-state index contributed by atoms with van der Waals surface area (Å²) in [5, 5.41) is 0.715. The van der Waals surface area contributed by atoms with Crippen LogP contribution in [-0.2, 0) is 5.75 Å². The van der Waals surface area contributed by atoms with Crippen molar-refractivity contribution in [1.29, 1.82) is 0 Å². The van der Waals surface area contributed by atoms with Crippen molar-refractivity contribution < 1.29 is 4.79 Å². The maximum atomic E-state index is 14.5. The van der Waals surface area contributed by atoms with Gasteiger partial charge < -0.3 is 0 Å². The normalized spacial score (nSPS) is 26.9. The summed E-state index contributed by atoms with van der Waals surface area (Å²) >= 11 is 4.03. The number of carbonyl (C=O) groups is 1. The lowest BCUT2D eigenvalue weighted by atomic mass is 9.68. The molecule has 1 saturated carbocycles. The number of carbonyl (C=O) groups excluding carboxylic acids is 1. The van der Waals surface area contributed by atoms with Gasteiger partial charge in [-0.25, -0.2) is 0 Å². The third-order valence-electron chi connectivity index (χ3n) is 8.43. The van der Waals surface area contributed by atoms with Gasteiger partial charge in [0.1, 0.15) is 0 Å². The third kappa shape index (κ3) is 3.15. The summed E-state index contributed by atoms with van der Waals surface area (Å²) < 4.78 is 0. The van der Waals surface area contributed by atoms with E-state index in [9.17, 15) is 4.79 Å². The summed E-state index contributed by atoms with van der Waals surface area (Å²) in [6.07, 6.45) is 0. The van der Waals surface area contributed by atoms with E-state index in [4.69, 9.17) is 0 Å². The molecule has 1 heterocycles. The molecule has 0 radical (unpaired) electrons. The van der Waals surface area contributed by atoms with Crippen molar-refractivity contribution in [2.45, 2.75) is 35.0 Å². The lowest BCUT2D eigenvalue weighted by molar-refractivity contribution is 0.0870. The van der Waals surface area contributed by atoms with Crippen LogP contribution in [0.25, 0.3) is 11.1 Å². The third-order valence-corrected chi connectivity index (χ3v) is 11.1. The molecule has 1 aliphatic heterocycles. The predicted octanol–water partition coefficient (Wildman–Crippen LogP) is 8.53. The largest absolute Gasteiger partial charge is 0.293 e. The van der Waals surface area contributed by atoms with E-state index in [0.717, 1.165) is 22.6 Å². The highest BCUT2D eigenvalue weighted by molar-refractivity contribution is 8.01. The molecule has 0 spiro atoms. The highest BCUT2D eigenvalue weighted by atomic mass is 32.2. The first-order chi connectivity index (χ1) is 17.7. The second kappa shape index (κ2) is 8.68. The van der Waals surface area contributed by atoms with Gasteiger partial charge in [-0.15, -0.1) is 11.8 Å². The molecule has 4 aromatic carbocycles. The number of hydrogen-bond acceptors (Lipinski definition) is 3. The van der Waals surface area contributed by atoms with Gasteiger partial charge in [-0.05, 0) is 39.1 Å². The molecule has 0 aromatic heterocycles. The predicted molar refractivity (Wildman–Crippen MR) is 153 cm³/mol. The minimum atomic E-state index is -0.342. The van der Waals surface area contributed by atoms with Crippen LogP contribution in [0.4, 0.5) is 0 Å². The summed E-state index contributed by atoms with van der Waals surface area (Å²) in [6.45, 7) is 2.22. The fourth-order valence-corrected chi connectivity index (χ4v) is 9.83. The molecule has 0 amide bonds. The van der Waals surface area contributed by atoms with Gasteiger partial charge in [0.05, 0.1) is 5.41 Å². The van der Waals surface area contributed by atoms with Gasteiger partial charge in [-0.2, -0.15) is 11.8 Å². The molecule has 1 nitrogen and oxygen atoms in total. The zero-order chi connectivity index (χ0) is 24.3. The Kier molecular flexibility index (Phi) is 5.41. The number of Topliss-reactive ketones (excluding diaryl/α,β-unsaturated/α-hetero) is 1. The molecule has 5 atom stereocenters. The minimum Gasteiger partial charge on any atom is -0.293 e. The van der Waals surface area contributed by atoms with Gasteiger partial charge in [0.15, 0.2) is 5.78 Å². The van der Waals surface area contributed by atoms with Gasteiger partial charge in [-0.3, -0.25) is 4.79 Å². The molecule has 4 aromatic rings. The molecule has 0 unspecified atom stereocenters. The molecule has 0 N–H and O–H groups in total. The van der Waals surface area contributed by atoms with Crippen LogP contribution in [0.5, 0.6) is 0 Å². The van der Waals surface area contributed by atoms with Crippen LogP contribution < -0.4 is 0 Å². The standard InChI is InChI=1S/C33H28OS2/c1-2-35-20-24-12-6-7-13-25(24)28-30-27-15-9-8-14-26(27)29-32(36-30)33(28,29)31(34)23-18-16-22(17-19-23)21-10-4-3-5-11-21/h3-19,28-30,32H,2,20H2,1H3/t28-,29+,30+,32-,33+/m0/s1. The fraction of sp³-hybridized carbons (Fsp3) is 0.242. The zero-order valence-corrected chi connectivity index (χ0v) is 21.9. The van der Waals surface area contributed by atoms with E-state index in [1.807, 2.05) is 17.8 Å². The van der Waals surface area contributed by atoms with Crippen molar-refractivity contribution in [2.75, 3.05) is 5.75 Å². The molecule has 2 aliphatic carbocycles. The minimum absolute atomic E-state index is 0.224. The van der Waals surface area contributed by atoms with E-state index < -0.39 is 0 Å². The number of fused-ring (bicyclic) bond motifs is 5. The number of thioether (sulfide) groups is 2. The van der Waals surface area contributed by atoms with Crippen molar-refractivity contribution in [3.8, 4) is 11.1 Å². The molecule has 178 valence electrons. The van der Waals surface area contributed by atoms with Crippen LogP contribution in [0, 0.1) is 5.41 Å². The second-order valence-corrected chi connectivity index (χ2v) is 12.7. The SMILES string of the molecule is CCSCc1ccccc1[C@H]1[C@@H]2S[C@H]3[C@@H](c4ccccc42)[C@]31C(=O)c1ccc(-c2ccccc2)cc1. The van der Waals surface area contributed by atoms with Crippen LogP contribution in [0.3, 0.4) is 0 Å². The lowest BCUT2D eigenvalue weighted by Gasteiger charge is -2.37. The van der Waals surface area contributed by atoms with Crippen molar-refractivity contribution in [3.63, 3.8) is 0 Å². The zero-order valence-electron chi connectivity index (χ0n) is 20.3. The highest BCUT2D eigenvalue weighted by Gasteiger charge is 2.81. The number of ketones is 1. The Bertz CT molecular complexity index is 1440. The first kappa shape index (κ1) is 22.4. The van der Waals surface area contributed by atoms with Gasteiger partial charge in [0.2, 0.25) is 0 Å². The van der Waals surface area contributed by atoms with Crippen LogP contribution >= 0.6 is 23.5 Å². The summed E-state index contributed by atoms with van der Waals surface area (Å²) in [4.78, 5) is 14.5. The van der Waals surface area contributed by atoms with Gasteiger partial charge in [-0.1, -0.05) is 110 Å². The molecular formula is C33H28OS2. The first-order valence-electron chi connectivity index (χ1n) is 12.8. The van der Waals surface area contributed by atoms with Crippen molar-refractivity contribution in [1.82, 2.24) is 0 Å². The van der Waals surface area contributed by atoms with Crippen molar-refractivity contribution in [2.24, 2.45) is 5.41 Å². The average Bonchev–Trinajstić information content (AvgIpc) is 3.52. The number of hydrogen-bond donors (Lipinski definition) is 0. The Balaban J connectivity index is 1.33. The number of rotatable bonds is 7. The summed E-state index contributed by atoms with van der Waals surface area (Å²) in [5.41, 5.74) is 8.51. The summed E-state index contributed by atoms with van der Waals surface area (Å²) in [6, 6.07) is 36.6.